The van der Waals surface area contributed by atoms with Gasteiger partial charge in [-0.05, 0) is 48.0 Å². The van der Waals surface area contributed by atoms with Crippen LogP contribution in [0.2, 0.25) is 10.0 Å². The van der Waals surface area contributed by atoms with Crippen LogP contribution in [-0.4, -0.2) is 11.8 Å². The van der Waals surface area contributed by atoms with Crippen LogP contribution < -0.4 is 10.6 Å². The number of furan rings is 1. The van der Waals surface area contributed by atoms with Gasteiger partial charge in [0.15, 0.2) is 5.76 Å². The Labute approximate surface area is 159 Å². The predicted molar refractivity (Wildman–Crippen MR) is 101 cm³/mol. The van der Waals surface area contributed by atoms with Crippen LogP contribution in [-0.2, 0) is 6.54 Å². The Morgan fingerprint density at radius 2 is 1.65 bits per heavy atom. The van der Waals surface area contributed by atoms with Crippen molar-refractivity contribution in [3.63, 3.8) is 0 Å². The zero-order valence-electron chi connectivity index (χ0n) is 13.5. The van der Waals surface area contributed by atoms with E-state index in [1.807, 2.05) is 12.1 Å². The molecule has 2 amide bonds. The first kappa shape index (κ1) is 18.0. The van der Waals surface area contributed by atoms with Gasteiger partial charge in [0.2, 0.25) is 0 Å². The van der Waals surface area contributed by atoms with E-state index in [0.717, 1.165) is 5.56 Å². The second-order valence-electron chi connectivity index (χ2n) is 5.43. The third kappa shape index (κ3) is 4.45. The summed E-state index contributed by atoms with van der Waals surface area (Å²) in [6.07, 6.45) is 1.40. The maximum atomic E-state index is 12.6. The van der Waals surface area contributed by atoms with E-state index in [-0.39, 0.29) is 17.2 Å². The summed E-state index contributed by atoms with van der Waals surface area (Å²) in [6, 6.07) is 14.9. The molecule has 0 radical (unpaired) electrons. The first-order chi connectivity index (χ1) is 12.5. The van der Waals surface area contributed by atoms with Crippen molar-refractivity contribution in [2.75, 3.05) is 5.32 Å². The van der Waals surface area contributed by atoms with Crippen LogP contribution in [0.3, 0.4) is 0 Å². The molecule has 0 atom stereocenters. The number of halogens is 2. The molecule has 0 bridgehead atoms. The van der Waals surface area contributed by atoms with Gasteiger partial charge in [-0.3, -0.25) is 9.59 Å². The SMILES string of the molecule is O=C(Nc1ccc(Cl)cc1C(=O)NCc1ccc(Cl)cc1)c1ccco1. The lowest BCUT2D eigenvalue weighted by atomic mass is 10.1. The minimum atomic E-state index is -0.455. The van der Waals surface area contributed by atoms with Crippen molar-refractivity contribution in [2.45, 2.75) is 6.54 Å². The van der Waals surface area contributed by atoms with E-state index in [2.05, 4.69) is 10.6 Å². The normalized spacial score (nSPS) is 10.4. The summed E-state index contributed by atoms with van der Waals surface area (Å²) in [7, 11) is 0. The van der Waals surface area contributed by atoms with Gasteiger partial charge < -0.3 is 15.1 Å². The van der Waals surface area contributed by atoms with E-state index < -0.39 is 5.91 Å². The molecular formula is C19H14Cl2N2O3. The van der Waals surface area contributed by atoms with Gasteiger partial charge in [-0.1, -0.05) is 35.3 Å². The molecule has 26 heavy (non-hydrogen) atoms. The van der Waals surface area contributed by atoms with Crippen molar-refractivity contribution >= 4 is 40.7 Å². The fourth-order valence-corrected chi connectivity index (χ4v) is 2.58. The monoisotopic (exact) mass is 388 g/mol. The minimum Gasteiger partial charge on any atom is -0.459 e. The van der Waals surface area contributed by atoms with Gasteiger partial charge in [0, 0.05) is 16.6 Å². The molecule has 0 saturated heterocycles. The van der Waals surface area contributed by atoms with Crippen LogP contribution in [0.5, 0.6) is 0 Å². The highest BCUT2D eigenvalue weighted by Crippen LogP contribution is 2.22. The van der Waals surface area contributed by atoms with E-state index >= 15 is 0 Å². The molecule has 0 spiro atoms. The van der Waals surface area contributed by atoms with Crippen molar-refractivity contribution in [3.8, 4) is 0 Å². The zero-order valence-corrected chi connectivity index (χ0v) is 15.0. The zero-order chi connectivity index (χ0) is 18.5. The number of benzene rings is 2. The van der Waals surface area contributed by atoms with Gasteiger partial charge in [0.25, 0.3) is 11.8 Å². The summed E-state index contributed by atoms with van der Waals surface area (Å²) in [5, 5.41) is 6.46. The highest BCUT2D eigenvalue weighted by molar-refractivity contribution is 6.31. The predicted octanol–water partition coefficient (Wildman–Crippen LogP) is 4.77. The smallest absolute Gasteiger partial charge is 0.291 e. The van der Waals surface area contributed by atoms with Gasteiger partial charge >= 0.3 is 0 Å². The molecule has 2 N–H and O–H groups in total. The Hall–Kier alpha value is -2.76. The highest BCUT2D eigenvalue weighted by atomic mass is 35.5. The van der Waals surface area contributed by atoms with Gasteiger partial charge in [-0.15, -0.1) is 0 Å². The van der Waals surface area contributed by atoms with Crippen LogP contribution in [0.1, 0.15) is 26.5 Å². The summed E-state index contributed by atoms with van der Waals surface area (Å²) in [5.74, 6) is -0.672. The maximum absolute atomic E-state index is 12.6. The van der Waals surface area contributed by atoms with E-state index in [9.17, 15) is 9.59 Å². The van der Waals surface area contributed by atoms with Crippen LogP contribution in [0.15, 0.2) is 65.3 Å². The number of anilines is 1. The molecule has 0 saturated carbocycles. The lowest BCUT2D eigenvalue weighted by Gasteiger charge is -2.11. The Bertz CT molecular complexity index is 922. The van der Waals surface area contributed by atoms with Crippen LogP contribution >= 0.6 is 23.2 Å². The number of carbonyl (C=O) groups is 2. The van der Waals surface area contributed by atoms with Gasteiger partial charge in [-0.2, -0.15) is 0 Å². The topological polar surface area (TPSA) is 71.3 Å². The average molecular weight is 389 g/mol. The third-order valence-electron chi connectivity index (χ3n) is 3.59. The molecule has 132 valence electrons. The molecule has 2 aromatic carbocycles. The van der Waals surface area contributed by atoms with Crippen molar-refractivity contribution in [1.29, 1.82) is 0 Å². The molecule has 0 unspecified atom stereocenters. The Morgan fingerprint density at radius 1 is 0.923 bits per heavy atom. The number of carbonyl (C=O) groups excluding carboxylic acids is 2. The second-order valence-corrected chi connectivity index (χ2v) is 6.30. The summed E-state index contributed by atoms with van der Waals surface area (Å²) >= 11 is 11.9. The summed E-state index contributed by atoms with van der Waals surface area (Å²) in [4.78, 5) is 24.7. The first-order valence-corrected chi connectivity index (χ1v) is 8.45. The first-order valence-electron chi connectivity index (χ1n) is 7.70. The van der Waals surface area contributed by atoms with Gasteiger partial charge in [-0.25, -0.2) is 0 Å². The Morgan fingerprint density at radius 3 is 2.35 bits per heavy atom. The average Bonchev–Trinajstić information content (AvgIpc) is 3.17. The molecule has 7 heteroatoms. The molecule has 1 aromatic heterocycles. The van der Waals surface area contributed by atoms with Crippen LogP contribution in [0.25, 0.3) is 0 Å². The van der Waals surface area contributed by atoms with E-state index in [1.165, 1.54) is 18.4 Å². The van der Waals surface area contributed by atoms with Crippen molar-refractivity contribution in [2.24, 2.45) is 0 Å². The van der Waals surface area contributed by atoms with Crippen LogP contribution in [0.4, 0.5) is 5.69 Å². The van der Waals surface area contributed by atoms with Gasteiger partial charge in [0.05, 0.1) is 17.5 Å². The van der Waals surface area contributed by atoms with Crippen molar-refractivity contribution in [1.82, 2.24) is 5.32 Å². The molecule has 0 fully saturated rings. The van der Waals surface area contributed by atoms with E-state index in [0.29, 0.717) is 22.3 Å². The van der Waals surface area contributed by atoms with Crippen molar-refractivity contribution in [3.05, 3.63) is 87.8 Å². The number of hydrogen-bond donors (Lipinski definition) is 2. The standard InChI is InChI=1S/C19H14Cl2N2O3/c20-13-5-3-12(4-6-13)11-22-18(24)15-10-14(21)7-8-16(15)23-19(25)17-2-1-9-26-17/h1-10H,11H2,(H,22,24)(H,23,25). The van der Waals surface area contributed by atoms with E-state index in [1.54, 1.807) is 30.3 Å². The highest BCUT2D eigenvalue weighted by Gasteiger charge is 2.16. The lowest BCUT2D eigenvalue weighted by molar-refractivity contribution is 0.0952. The Balaban J connectivity index is 1.75. The summed E-state index contributed by atoms with van der Waals surface area (Å²) < 4.78 is 5.06. The third-order valence-corrected chi connectivity index (χ3v) is 4.07. The second kappa shape index (κ2) is 8.08. The molecule has 3 aromatic rings. The summed E-state index contributed by atoms with van der Waals surface area (Å²) in [5.41, 5.74) is 1.49. The van der Waals surface area contributed by atoms with Crippen LogP contribution in [0, 0.1) is 0 Å². The molecule has 1 heterocycles. The largest absolute Gasteiger partial charge is 0.459 e. The molecule has 5 nitrogen and oxygen atoms in total. The van der Waals surface area contributed by atoms with Crippen molar-refractivity contribution < 1.29 is 14.0 Å². The number of amides is 2. The number of nitrogens with one attached hydrogen (secondary N) is 2. The van der Waals surface area contributed by atoms with Gasteiger partial charge in [0.1, 0.15) is 0 Å². The fourth-order valence-electron chi connectivity index (χ4n) is 2.28. The lowest BCUT2D eigenvalue weighted by Crippen LogP contribution is -2.24. The molecular weight excluding hydrogens is 375 g/mol. The molecule has 0 aliphatic rings. The number of rotatable bonds is 5. The van der Waals surface area contributed by atoms with E-state index in [4.69, 9.17) is 27.6 Å². The summed E-state index contributed by atoms with van der Waals surface area (Å²) in [6.45, 7) is 0.314. The quantitative estimate of drug-likeness (QED) is 0.661. The fraction of sp³-hybridized carbons (Fsp3) is 0.0526. The molecule has 0 aliphatic carbocycles. The molecule has 0 aliphatic heterocycles. The molecule has 3 rings (SSSR count). The maximum Gasteiger partial charge on any atom is 0.291 e. The Kier molecular flexibility index (Phi) is 5.61. The number of hydrogen-bond acceptors (Lipinski definition) is 3. The minimum absolute atomic E-state index is 0.146.